The molecule has 108 valence electrons. The van der Waals surface area contributed by atoms with Gasteiger partial charge in [-0.2, -0.15) is 0 Å². The smallest absolute Gasteiger partial charge is 0.124 e. The topological polar surface area (TPSA) is 44.5 Å². The molecule has 1 aromatic carbocycles. The first-order chi connectivity index (χ1) is 9.63. The zero-order valence-corrected chi connectivity index (χ0v) is 14.9. The number of methoxy groups -OCH3 is 1. The van der Waals surface area contributed by atoms with Gasteiger partial charge in [-0.25, -0.2) is 0 Å². The normalized spacial score (nSPS) is 12.4. The largest absolute Gasteiger partial charge is 0.491 e. The van der Waals surface area contributed by atoms with Crippen LogP contribution in [0.25, 0.3) is 0 Å². The lowest BCUT2D eigenvalue weighted by atomic mass is 10.0. The molecule has 2 rings (SSSR count). The molecule has 6 heteroatoms. The van der Waals surface area contributed by atoms with E-state index in [1.165, 1.54) is 0 Å². The number of benzene rings is 1. The quantitative estimate of drug-likeness (QED) is 0.706. The molecule has 0 saturated carbocycles. The minimum atomic E-state index is -0.231. The van der Waals surface area contributed by atoms with Gasteiger partial charge in [-0.15, -0.1) is 11.3 Å². The van der Waals surface area contributed by atoms with Crippen molar-refractivity contribution < 1.29 is 9.47 Å². The summed E-state index contributed by atoms with van der Waals surface area (Å²) in [6.07, 6.45) is 0. The standard InChI is InChI=1S/C14H15Br2NO2S/c1-18-6-7-19-11-5-3-2-4-9(11)13(17)10-8-12(15)20-14(10)16/h2-5,8,13H,6-7,17H2,1H3. The van der Waals surface area contributed by atoms with Gasteiger partial charge >= 0.3 is 0 Å². The lowest BCUT2D eigenvalue weighted by molar-refractivity contribution is 0.145. The van der Waals surface area contributed by atoms with Crippen molar-refractivity contribution in [1.29, 1.82) is 0 Å². The second-order valence-corrected chi connectivity index (χ2v) is 7.89. The summed E-state index contributed by atoms with van der Waals surface area (Å²) in [5.74, 6) is 0.797. The van der Waals surface area contributed by atoms with Gasteiger partial charge in [0.2, 0.25) is 0 Å². The maximum absolute atomic E-state index is 6.38. The van der Waals surface area contributed by atoms with E-state index in [-0.39, 0.29) is 6.04 Å². The molecule has 0 amide bonds. The number of hydrogen-bond donors (Lipinski definition) is 1. The molecule has 0 saturated heterocycles. The van der Waals surface area contributed by atoms with Crippen LogP contribution in [-0.4, -0.2) is 20.3 Å². The number of ether oxygens (including phenoxy) is 2. The molecule has 1 aromatic heterocycles. The molecule has 0 bridgehead atoms. The molecular formula is C14H15Br2NO2S. The maximum atomic E-state index is 6.38. The predicted octanol–water partition coefficient (Wildman–Crippen LogP) is 4.35. The Morgan fingerprint density at radius 1 is 1.20 bits per heavy atom. The SMILES string of the molecule is COCCOc1ccccc1C(N)c1cc(Br)sc1Br. The van der Waals surface area contributed by atoms with Crippen molar-refractivity contribution in [2.24, 2.45) is 5.73 Å². The number of nitrogens with two attached hydrogens (primary N) is 1. The summed E-state index contributed by atoms with van der Waals surface area (Å²) in [4.78, 5) is 0. The van der Waals surface area contributed by atoms with E-state index in [2.05, 4.69) is 31.9 Å². The second kappa shape index (κ2) is 7.56. The molecule has 0 aliphatic heterocycles. The van der Waals surface area contributed by atoms with E-state index in [9.17, 15) is 0 Å². The molecule has 1 heterocycles. The maximum Gasteiger partial charge on any atom is 0.124 e. The number of para-hydroxylation sites is 1. The molecule has 20 heavy (non-hydrogen) atoms. The Bertz CT molecular complexity index is 574. The first-order valence-electron chi connectivity index (χ1n) is 6.04. The zero-order valence-electron chi connectivity index (χ0n) is 10.9. The molecule has 1 atom stereocenters. The van der Waals surface area contributed by atoms with Gasteiger partial charge in [-0.1, -0.05) is 18.2 Å². The van der Waals surface area contributed by atoms with Crippen molar-refractivity contribution in [2.45, 2.75) is 6.04 Å². The van der Waals surface area contributed by atoms with Gasteiger partial charge in [0.15, 0.2) is 0 Å². The number of rotatable bonds is 6. The van der Waals surface area contributed by atoms with Gasteiger partial charge in [-0.05, 0) is 49.6 Å². The Morgan fingerprint density at radius 3 is 2.60 bits per heavy atom. The van der Waals surface area contributed by atoms with Crippen molar-refractivity contribution in [1.82, 2.24) is 0 Å². The average Bonchev–Trinajstić information content (AvgIpc) is 2.78. The van der Waals surface area contributed by atoms with Gasteiger partial charge in [0.05, 0.1) is 20.2 Å². The summed E-state index contributed by atoms with van der Waals surface area (Å²) in [7, 11) is 1.65. The van der Waals surface area contributed by atoms with Crippen LogP contribution in [0, 0.1) is 0 Å². The fourth-order valence-electron chi connectivity index (χ4n) is 1.84. The highest BCUT2D eigenvalue weighted by Gasteiger charge is 2.18. The van der Waals surface area contributed by atoms with E-state index in [1.807, 2.05) is 30.3 Å². The molecule has 2 N–H and O–H groups in total. The molecule has 0 radical (unpaired) electrons. The second-order valence-electron chi connectivity index (χ2n) is 4.14. The highest BCUT2D eigenvalue weighted by molar-refractivity contribution is 9.12. The summed E-state index contributed by atoms with van der Waals surface area (Å²) in [5.41, 5.74) is 8.39. The van der Waals surface area contributed by atoms with E-state index in [4.69, 9.17) is 15.2 Å². The zero-order chi connectivity index (χ0) is 14.5. The van der Waals surface area contributed by atoms with Crippen molar-refractivity contribution in [3.8, 4) is 5.75 Å². The Morgan fingerprint density at radius 2 is 1.95 bits per heavy atom. The van der Waals surface area contributed by atoms with Gasteiger partial charge in [0.25, 0.3) is 0 Å². The first-order valence-corrected chi connectivity index (χ1v) is 8.44. The van der Waals surface area contributed by atoms with Crippen LogP contribution in [0.3, 0.4) is 0 Å². The molecule has 0 aliphatic rings. The minimum Gasteiger partial charge on any atom is -0.491 e. The van der Waals surface area contributed by atoms with E-state index in [1.54, 1.807) is 18.4 Å². The predicted molar refractivity (Wildman–Crippen MR) is 89.6 cm³/mol. The highest BCUT2D eigenvalue weighted by atomic mass is 79.9. The molecule has 0 spiro atoms. The number of thiophene rings is 1. The summed E-state index contributed by atoms with van der Waals surface area (Å²) in [6.45, 7) is 1.06. The van der Waals surface area contributed by atoms with Crippen LogP contribution >= 0.6 is 43.2 Å². The number of halogens is 2. The molecular weight excluding hydrogens is 406 g/mol. The van der Waals surface area contributed by atoms with Gasteiger partial charge < -0.3 is 15.2 Å². The lowest BCUT2D eigenvalue weighted by Gasteiger charge is -2.16. The third kappa shape index (κ3) is 3.83. The van der Waals surface area contributed by atoms with E-state index in [0.717, 1.165) is 24.4 Å². The Kier molecular flexibility index (Phi) is 6.04. The summed E-state index contributed by atoms with van der Waals surface area (Å²) >= 11 is 8.64. The average molecular weight is 421 g/mol. The third-order valence-electron chi connectivity index (χ3n) is 2.82. The van der Waals surface area contributed by atoms with Crippen LogP contribution in [0.1, 0.15) is 17.2 Å². The third-order valence-corrected chi connectivity index (χ3v) is 5.20. The van der Waals surface area contributed by atoms with Crippen molar-refractivity contribution in [3.63, 3.8) is 0 Å². The fourth-order valence-corrected chi connectivity index (χ4v) is 4.77. The van der Waals surface area contributed by atoms with Crippen LogP contribution in [0.4, 0.5) is 0 Å². The Labute approximate surface area is 139 Å². The van der Waals surface area contributed by atoms with Gasteiger partial charge in [0.1, 0.15) is 12.4 Å². The van der Waals surface area contributed by atoms with E-state index >= 15 is 0 Å². The van der Waals surface area contributed by atoms with Crippen LogP contribution in [-0.2, 0) is 4.74 Å². The monoisotopic (exact) mass is 419 g/mol. The van der Waals surface area contributed by atoms with Crippen molar-refractivity contribution in [3.05, 3.63) is 49.0 Å². The minimum absolute atomic E-state index is 0.231. The molecule has 1 unspecified atom stereocenters. The van der Waals surface area contributed by atoms with Gasteiger partial charge in [-0.3, -0.25) is 0 Å². The molecule has 0 aliphatic carbocycles. The lowest BCUT2D eigenvalue weighted by Crippen LogP contribution is -2.14. The van der Waals surface area contributed by atoms with Crippen LogP contribution in [0.15, 0.2) is 37.9 Å². The summed E-state index contributed by atoms with van der Waals surface area (Å²) in [6, 6.07) is 9.63. The van der Waals surface area contributed by atoms with Gasteiger partial charge in [0, 0.05) is 12.7 Å². The van der Waals surface area contributed by atoms with Crippen molar-refractivity contribution >= 4 is 43.2 Å². The van der Waals surface area contributed by atoms with Crippen LogP contribution < -0.4 is 10.5 Å². The highest BCUT2D eigenvalue weighted by Crippen LogP contribution is 2.38. The van der Waals surface area contributed by atoms with E-state index < -0.39 is 0 Å². The summed E-state index contributed by atoms with van der Waals surface area (Å²) in [5, 5.41) is 0. The van der Waals surface area contributed by atoms with Crippen LogP contribution in [0.2, 0.25) is 0 Å². The molecule has 0 fully saturated rings. The van der Waals surface area contributed by atoms with Crippen LogP contribution in [0.5, 0.6) is 5.75 Å². The Balaban J connectivity index is 2.25. The molecule has 2 aromatic rings. The first kappa shape index (κ1) is 16.0. The fraction of sp³-hybridized carbons (Fsp3) is 0.286. The number of hydrogen-bond acceptors (Lipinski definition) is 4. The Hall–Kier alpha value is -0.400. The molecule has 3 nitrogen and oxygen atoms in total. The van der Waals surface area contributed by atoms with Crippen molar-refractivity contribution in [2.75, 3.05) is 20.3 Å². The van der Waals surface area contributed by atoms with E-state index in [0.29, 0.717) is 13.2 Å². The summed E-state index contributed by atoms with van der Waals surface area (Å²) < 4.78 is 12.8.